The SMILES string of the molecule is CC(C)NC(=O)c1ccc(Cl)c(NC(=O)Cc2csc(-c3ccc(C(F)(F)F)cc3)n2)c1. The van der Waals surface area contributed by atoms with E-state index in [1.165, 1.54) is 35.6 Å². The molecule has 0 spiro atoms. The normalized spacial score (nSPS) is 11.5. The molecule has 2 N–H and O–H groups in total. The second kappa shape index (κ2) is 9.70. The van der Waals surface area contributed by atoms with Gasteiger partial charge in [-0.1, -0.05) is 23.7 Å². The number of nitrogens with zero attached hydrogens (tertiary/aromatic N) is 1. The number of carbonyl (C=O) groups is 2. The number of carbonyl (C=O) groups excluding carboxylic acids is 2. The number of thiazole rings is 1. The Hall–Kier alpha value is -2.91. The van der Waals surface area contributed by atoms with Crippen molar-refractivity contribution < 1.29 is 22.8 Å². The van der Waals surface area contributed by atoms with Crippen LogP contribution in [0.3, 0.4) is 0 Å². The fourth-order valence-corrected chi connectivity index (χ4v) is 3.78. The van der Waals surface area contributed by atoms with Crippen molar-refractivity contribution in [2.75, 3.05) is 5.32 Å². The molecule has 2 amide bonds. The molecule has 1 heterocycles. The van der Waals surface area contributed by atoms with E-state index in [4.69, 9.17) is 11.6 Å². The smallest absolute Gasteiger partial charge is 0.350 e. The highest BCUT2D eigenvalue weighted by molar-refractivity contribution is 7.13. The van der Waals surface area contributed by atoms with Crippen LogP contribution in [0.4, 0.5) is 18.9 Å². The molecular weight excluding hydrogens is 463 g/mol. The topological polar surface area (TPSA) is 71.1 Å². The Morgan fingerprint density at radius 1 is 1.12 bits per heavy atom. The van der Waals surface area contributed by atoms with Crippen molar-refractivity contribution >= 4 is 40.4 Å². The molecule has 0 atom stereocenters. The highest BCUT2D eigenvalue weighted by atomic mass is 35.5. The number of hydrogen-bond acceptors (Lipinski definition) is 4. The predicted molar refractivity (Wildman–Crippen MR) is 119 cm³/mol. The highest BCUT2D eigenvalue weighted by Crippen LogP contribution is 2.32. The number of anilines is 1. The number of amides is 2. The number of benzene rings is 2. The zero-order valence-electron chi connectivity index (χ0n) is 17.1. The van der Waals surface area contributed by atoms with E-state index in [9.17, 15) is 22.8 Å². The average Bonchev–Trinajstić information content (AvgIpc) is 3.17. The zero-order chi connectivity index (χ0) is 23.5. The van der Waals surface area contributed by atoms with E-state index < -0.39 is 17.6 Å². The van der Waals surface area contributed by atoms with E-state index in [0.717, 1.165) is 12.1 Å². The van der Waals surface area contributed by atoms with Crippen LogP contribution in [0, 0.1) is 0 Å². The minimum absolute atomic E-state index is 0.0419. The molecule has 0 fully saturated rings. The summed E-state index contributed by atoms with van der Waals surface area (Å²) in [5.41, 5.74) is 0.912. The Bertz CT molecular complexity index is 1130. The lowest BCUT2D eigenvalue weighted by Gasteiger charge is -2.11. The molecule has 3 aromatic rings. The lowest BCUT2D eigenvalue weighted by molar-refractivity contribution is -0.137. The van der Waals surface area contributed by atoms with Crippen LogP contribution in [0.15, 0.2) is 47.8 Å². The Morgan fingerprint density at radius 2 is 1.81 bits per heavy atom. The molecule has 0 saturated carbocycles. The van der Waals surface area contributed by atoms with Crippen molar-refractivity contribution in [1.29, 1.82) is 0 Å². The van der Waals surface area contributed by atoms with E-state index in [0.29, 0.717) is 27.5 Å². The second-order valence-electron chi connectivity index (χ2n) is 7.27. The first-order valence-corrected chi connectivity index (χ1v) is 10.8. The Morgan fingerprint density at radius 3 is 2.44 bits per heavy atom. The van der Waals surface area contributed by atoms with Gasteiger partial charge >= 0.3 is 6.18 Å². The number of hydrogen-bond donors (Lipinski definition) is 2. The quantitative estimate of drug-likeness (QED) is 0.467. The van der Waals surface area contributed by atoms with Gasteiger partial charge in [0, 0.05) is 22.5 Å². The van der Waals surface area contributed by atoms with Crippen LogP contribution in [0.5, 0.6) is 0 Å². The van der Waals surface area contributed by atoms with Gasteiger partial charge in [-0.3, -0.25) is 9.59 Å². The van der Waals surface area contributed by atoms with Crippen LogP contribution < -0.4 is 10.6 Å². The van der Waals surface area contributed by atoms with E-state index in [1.54, 1.807) is 11.4 Å². The third-order valence-corrected chi connectivity index (χ3v) is 5.54. The molecule has 168 valence electrons. The van der Waals surface area contributed by atoms with Crippen molar-refractivity contribution in [2.24, 2.45) is 0 Å². The maximum Gasteiger partial charge on any atom is 0.416 e. The van der Waals surface area contributed by atoms with Gasteiger partial charge < -0.3 is 10.6 Å². The minimum Gasteiger partial charge on any atom is -0.350 e. The lowest BCUT2D eigenvalue weighted by Crippen LogP contribution is -2.30. The van der Waals surface area contributed by atoms with Crippen LogP contribution in [0.2, 0.25) is 5.02 Å². The lowest BCUT2D eigenvalue weighted by atomic mass is 10.1. The molecule has 3 rings (SSSR count). The van der Waals surface area contributed by atoms with E-state index in [1.807, 2.05) is 13.8 Å². The van der Waals surface area contributed by atoms with E-state index >= 15 is 0 Å². The van der Waals surface area contributed by atoms with Crippen LogP contribution >= 0.6 is 22.9 Å². The first-order chi connectivity index (χ1) is 15.0. The molecule has 1 aromatic heterocycles. The fraction of sp³-hybridized carbons (Fsp3) is 0.227. The van der Waals surface area contributed by atoms with Gasteiger partial charge in [-0.2, -0.15) is 13.2 Å². The number of nitrogens with one attached hydrogen (secondary N) is 2. The monoisotopic (exact) mass is 481 g/mol. The Kier molecular flexibility index (Phi) is 7.20. The average molecular weight is 482 g/mol. The summed E-state index contributed by atoms with van der Waals surface area (Å²) in [4.78, 5) is 29.0. The van der Waals surface area contributed by atoms with E-state index in [2.05, 4.69) is 15.6 Å². The summed E-state index contributed by atoms with van der Waals surface area (Å²) in [6.07, 6.45) is -4.46. The summed E-state index contributed by atoms with van der Waals surface area (Å²) in [6, 6.07) is 9.22. The van der Waals surface area contributed by atoms with Crippen LogP contribution in [-0.4, -0.2) is 22.8 Å². The summed E-state index contributed by atoms with van der Waals surface area (Å²) in [5, 5.41) is 7.89. The standard InChI is InChI=1S/C22H19ClF3N3O2S/c1-12(2)27-20(31)14-5-8-17(23)18(9-14)29-19(30)10-16-11-32-21(28-16)13-3-6-15(7-4-13)22(24,25)26/h3-9,11-12H,10H2,1-2H3,(H,27,31)(H,29,30). The molecule has 2 aromatic carbocycles. The first kappa shape index (κ1) is 23.7. The third kappa shape index (κ3) is 6.08. The summed E-state index contributed by atoms with van der Waals surface area (Å²) >= 11 is 7.37. The summed E-state index contributed by atoms with van der Waals surface area (Å²) in [6.45, 7) is 3.67. The van der Waals surface area contributed by atoms with Crippen LogP contribution in [0.1, 0.15) is 35.5 Å². The molecule has 0 saturated heterocycles. The number of alkyl halides is 3. The van der Waals surface area contributed by atoms with E-state index in [-0.39, 0.29) is 23.4 Å². The van der Waals surface area contributed by atoms with Crippen molar-refractivity contribution in [3.05, 3.63) is 69.7 Å². The maximum atomic E-state index is 12.7. The van der Waals surface area contributed by atoms with Gasteiger partial charge in [-0.05, 0) is 44.2 Å². The number of rotatable bonds is 6. The summed E-state index contributed by atoms with van der Waals surface area (Å²) < 4.78 is 38.1. The summed E-state index contributed by atoms with van der Waals surface area (Å²) in [5.74, 6) is -0.676. The molecule has 0 radical (unpaired) electrons. The molecule has 0 aliphatic heterocycles. The molecule has 10 heteroatoms. The first-order valence-electron chi connectivity index (χ1n) is 9.55. The fourth-order valence-electron chi connectivity index (χ4n) is 2.79. The molecule has 5 nitrogen and oxygen atoms in total. The van der Waals surface area contributed by atoms with Gasteiger partial charge in [-0.15, -0.1) is 11.3 Å². The van der Waals surface area contributed by atoms with Gasteiger partial charge in [0.2, 0.25) is 5.91 Å². The van der Waals surface area contributed by atoms with Crippen molar-refractivity contribution in [3.8, 4) is 10.6 Å². The van der Waals surface area contributed by atoms with Gasteiger partial charge in [0.15, 0.2) is 0 Å². The second-order valence-corrected chi connectivity index (χ2v) is 8.53. The van der Waals surface area contributed by atoms with Crippen molar-refractivity contribution in [2.45, 2.75) is 32.5 Å². The van der Waals surface area contributed by atoms with Crippen molar-refractivity contribution in [3.63, 3.8) is 0 Å². The number of halogens is 4. The van der Waals surface area contributed by atoms with Gasteiger partial charge in [0.25, 0.3) is 5.91 Å². The predicted octanol–water partition coefficient (Wildman–Crippen LogP) is 5.80. The highest BCUT2D eigenvalue weighted by Gasteiger charge is 2.30. The Labute approximate surface area is 191 Å². The third-order valence-electron chi connectivity index (χ3n) is 4.28. The molecule has 0 bridgehead atoms. The zero-order valence-corrected chi connectivity index (χ0v) is 18.7. The molecule has 32 heavy (non-hydrogen) atoms. The van der Waals surface area contributed by atoms with Gasteiger partial charge in [0.05, 0.1) is 28.4 Å². The van der Waals surface area contributed by atoms with Gasteiger partial charge in [-0.25, -0.2) is 4.98 Å². The maximum absolute atomic E-state index is 12.7. The van der Waals surface area contributed by atoms with Crippen LogP contribution in [0.25, 0.3) is 10.6 Å². The molecule has 0 aliphatic rings. The molecule has 0 aliphatic carbocycles. The van der Waals surface area contributed by atoms with Gasteiger partial charge in [0.1, 0.15) is 5.01 Å². The van der Waals surface area contributed by atoms with Crippen LogP contribution in [-0.2, 0) is 17.4 Å². The minimum atomic E-state index is -4.40. The molecule has 0 unspecified atom stereocenters. The van der Waals surface area contributed by atoms with Crippen molar-refractivity contribution in [1.82, 2.24) is 10.3 Å². The Balaban J connectivity index is 1.67. The number of aromatic nitrogens is 1. The molecular formula is C22H19ClF3N3O2S. The summed E-state index contributed by atoms with van der Waals surface area (Å²) in [7, 11) is 0. The largest absolute Gasteiger partial charge is 0.416 e.